The summed E-state index contributed by atoms with van der Waals surface area (Å²) in [5, 5.41) is 0. The van der Waals surface area contributed by atoms with E-state index < -0.39 is 0 Å². The minimum atomic E-state index is 0. The Morgan fingerprint density at radius 2 is 0.952 bits per heavy atom. The van der Waals surface area contributed by atoms with Gasteiger partial charge in [-0.25, -0.2) is 0 Å². The molecule has 0 spiro atoms. The van der Waals surface area contributed by atoms with Crippen molar-refractivity contribution in [3.63, 3.8) is 0 Å². The van der Waals surface area contributed by atoms with E-state index in [4.69, 9.17) is 25.3 Å². The van der Waals surface area contributed by atoms with E-state index in [9.17, 15) is 0 Å². The maximum Gasteiger partial charge on any atom is 2.00 e. The van der Waals surface area contributed by atoms with E-state index in [2.05, 4.69) is 9.97 Å². The first kappa shape index (κ1) is 17.5. The maximum absolute atomic E-state index is 4.85. The van der Waals surface area contributed by atoms with E-state index in [1.807, 2.05) is 60.7 Å². The Hall–Kier alpha value is -1.55. The second-order valence-corrected chi connectivity index (χ2v) is 4.76. The first-order chi connectivity index (χ1) is 9.77. The molecule has 2 heterocycles. The van der Waals surface area contributed by atoms with Gasteiger partial charge in [-0.05, 0) is 24.3 Å². The smallest absolute Gasteiger partial charge is 0.781 e. The SMILES string of the molecule is [Ni+2].[S-]c1ccccc1[S-].c1ccc(-c2ccccn2)nc1. The number of aromatic nitrogens is 2. The summed E-state index contributed by atoms with van der Waals surface area (Å²) in [6.07, 6.45) is 3.54. The molecule has 3 aromatic rings. The van der Waals surface area contributed by atoms with Gasteiger partial charge in [0.05, 0.1) is 11.4 Å². The Morgan fingerprint density at radius 3 is 1.24 bits per heavy atom. The summed E-state index contributed by atoms with van der Waals surface area (Å²) in [6, 6.07) is 19.0. The van der Waals surface area contributed by atoms with Crippen molar-refractivity contribution in [1.82, 2.24) is 9.97 Å². The summed E-state index contributed by atoms with van der Waals surface area (Å²) in [7, 11) is 0. The Bertz CT molecular complexity index is 590. The van der Waals surface area contributed by atoms with E-state index >= 15 is 0 Å². The molecule has 0 saturated heterocycles. The molecule has 0 aliphatic heterocycles. The van der Waals surface area contributed by atoms with E-state index in [0.29, 0.717) is 0 Å². The zero-order valence-corrected chi connectivity index (χ0v) is 13.6. The van der Waals surface area contributed by atoms with Crippen LogP contribution in [0, 0.1) is 0 Å². The van der Waals surface area contributed by atoms with Gasteiger partial charge in [-0.15, -0.1) is 0 Å². The number of nitrogens with zero attached hydrogens (tertiary/aromatic N) is 2. The standard InChI is InChI=1S/C10H8N2.C6H6S2.Ni/c1-3-7-11-9(5-1)10-6-2-4-8-12-10;7-5-3-1-2-4-6(5)8;/h1-8H;1-4,7-8H;/q;;+2/p-2. The number of rotatable bonds is 1. The molecule has 2 aromatic heterocycles. The molecule has 0 aliphatic carbocycles. The molecule has 0 N–H and O–H groups in total. The van der Waals surface area contributed by atoms with E-state index in [0.717, 1.165) is 21.2 Å². The minimum absolute atomic E-state index is 0. The Kier molecular flexibility index (Phi) is 7.84. The number of hydrogen-bond acceptors (Lipinski definition) is 4. The van der Waals surface area contributed by atoms with Crippen molar-refractivity contribution in [2.24, 2.45) is 0 Å². The van der Waals surface area contributed by atoms with Crippen LogP contribution >= 0.6 is 0 Å². The predicted molar refractivity (Wildman–Crippen MR) is 85.2 cm³/mol. The third-order valence-corrected chi connectivity index (χ3v) is 3.28. The molecular weight excluding hydrogens is 343 g/mol. The predicted octanol–water partition coefficient (Wildman–Crippen LogP) is 3.64. The first-order valence-electron chi connectivity index (χ1n) is 6.03. The minimum Gasteiger partial charge on any atom is -0.781 e. The molecule has 0 fully saturated rings. The third kappa shape index (κ3) is 5.76. The number of hydrogen-bond donors (Lipinski definition) is 0. The van der Waals surface area contributed by atoms with Crippen molar-refractivity contribution >= 4 is 25.3 Å². The summed E-state index contributed by atoms with van der Waals surface area (Å²) < 4.78 is 0. The summed E-state index contributed by atoms with van der Waals surface area (Å²) >= 11 is 9.70. The van der Waals surface area contributed by atoms with Crippen LogP contribution in [0.4, 0.5) is 0 Å². The topological polar surface area (TPSA) is 25.8 Å². The van der Waals surface area contributed by atoms with Crippen LogP contribution in [-0.2, 0) is 41.7 Å². The van der Waals surface area contributed by atoms with Crippen LogP contribution in [0.25, 0.3) is 11.4 Å². The van der Waals surface area contributed by atoms with Crippen molar-refractivity contribution in [1.29, 1.82) is 0 Å². The molecular formula is C16H12N2NiS2. The van der Waals surface area contributed by atoms with Gasteiger partial charge < -0.3 is 25.3 Å². The fourth-order valence-electron chi connectivity index (χ4n) is 1.48. The average molecular weight is 355 g/mol. The molecule has 3 rings (SSSR count). The molecule has 2 nitrogen and oxygen atoms in total. The van der Waals surface area contributed by atoms with Gasteiger partial charge in [0.1, 0.15) is 0 Å². The van der Waals surface area contributed by atoms with Gasteiger partial charge in [0.15, 0.2) is 0 Å². The van der Waals surface area contributed by atoms with Gasteiger partial charge in [0.25, 0.3) is 0 Å². The quantitative estimate of drug-likeness (QED) is 0.492. The molecule has 0 atom stereocenters. The summed E-state index contributed by atoms with van der Waals surface area (Å²) in [5.41, 5.74) is 1.83. The van der Waals surface area contributed by atoms with Gasteiger partial charge in [-0.3, -0.25) is 9.97 Å². The van der Waals surface area contributed by atoms with Crippen LogP contribution < -0.4 is 0 Å². The van der Waals surface area contributed by atoms with Crippen molar-refractivity contribution in [3.05, 3.63) is 73.1 Å². The van der Waals surface area contributed by atoms with Crippen LogP contribution in [0.1, 0.15) is 0 Å². The summed E-state index contributed by atoms with van der Waals surface area (Å²) in [5.74, 6) is 0. The van der Waals surface area contributed by atoms with Crippen LogP contribution in [-0.4, -0.2) is 9.97 Å². The van der Waals surface area contributed by atoms with E-state index in [1.54, 1.807) is 12.4 Å². The fraction of sp³-hybridized carbons (Fsp3) is 0. The molecule has 0 unspecified atom stereocenters. The molecule has 5 heteroatoms. The Balaban J connectivity index is 0.000000216. The van der Waals surface area contributed by atoms with Gasteiger partial charge in [0.2, 0.25) is 0 Å². The molecule has 108 valence electrons. The van der Waals surface area contributed by atoms with Crippen molar-refractivity contribution in [2.45, 2.75) is 9.79 Å². The molecule has 0 bridgehead atoms. The zero-order chi connectivity index (χ0) is 14.2. The average Bonchev–Trinajstić information content (AvgIpc) is 2.53. The second kappa shape index (κ2) is 9.40. The fourth-order valence-corrected chi connectivity index (χ4v) is 1.77. The third-order valence-electron chi connectivity index (χ3n) is 2.44. The monoisotopic (exact) mass is 354 g/mol. The summed E-state index contributed by atoms with van der Waals surface area (Å²) in [4.78, 5) is 9.91. The number of pyridine rings is 2. The van der Waals surface area contributed by atoms with Crippen LogP contribution in [0.15, 0.2) is 82.8 Å². The Labute approximate surface area is 145 Å². The molecule has 21 heavy (non-hydrogen) atoms. The van der Waals surface area contributed by atoms with Crippen molar-refractivity contribution in [3.8, 4) is 11.4 Å². The molecule has 0 radical (unpaired) electrons. The normalized spacial score (nSPS) is 8.95. The van der Waals surface area contributed by atoms with E-state index in [-0.39, 0.29) is 16.5 Å². The van der Waals surface area contributed by atoms with Crippen LogP contribution in [0.5, 0.6) is 0 Å². The zero-order valence-electron chi connectivity index (χ0n) is 11.0. The molecule has 0 saturated carbocycles. The van der Waals surface area contributed by atoms with Gasteiger partial charge in [-0.2, -0.15) is 9.79 Å². The second-order valence-electron chi connectivity index (χ2n) is 3.88. The largest absolute Gasteiger partial charge is 2.00 e. The Morgan fingerprint density at radius 1 is 0.571 bits per heavy atom. The van der Waals surface area contributed by atoms with Gasteiger partial charge >= 0.3 is 16.5 Å². The van der Waals surface area contributed by atoms with Gasteiger partial charge in [-0.1, -0.05) is 36.4 Å². The van der Waals surface area contributed by atoms with Crippen LogP contribution in [0.3, 0.4) is 0 Å². The first-order valence-corrected chi connectivity index (χ1v) is 6.84. The molecule has 0 amide bonds. The molecule has 1 aromatic carbocycles. The van der Waals surface area contributed by atoms with Crippen molar-refractivity contribution < 1.29 is 16.5 Å². The van der Waals surface area contributed by atoms with Crippen LogP contribution in [0.2, 0.25) is 0 Å². The molecule has 0 aliphatic rings. The number of benzene rings is 1. The maximum atomic E-state index is 4.85. The van der Waals surface area contributed by atoms with E-state index in [1.165, 1.54) is 0 Å². The van der Waals surface area contributed by atoms with Crippen molar-refractivity contribution in [2.75, 3.05) is 0 Å². The van der Waals surface area contributed by atoms with Gasteiger partial charge in [0, 0.05) is 12.4 Å². The summed E-state index contributed by atoms with van der Waals surface area (Å²) in [6.45, 7) is 0.